The quantitative estimate of drug-likeness (QED) is 0.252. The van der Waals surface area contributed by atoms with Crippen LogP contribution in [0.5, 0.6) is 5.75 Å². The topological polar surface area (TPSA) is 60.3 Å². The SMILES string of the molecule is CCC(S)(S)c1c(C)c(OCCCO)cc[n+]1-c1nc2ccccc2[n-]1. The fourth-order valence-corrected chi connectivity index (χ4v) is 3.42. The average Bonchev–Trinajstić information content (AvgIpc) is 3.06. The molecule has 0 aliphatic carbocycles. The van der Waals surface area contributed by atoms with Crippen molar-refractivity contribution in [1.29, 1.82) is 0 Å². The molecule has 0 spiro atoms. The second kappa shape index (κ2) is 7.90. The largest absolute Gasteiger partial charge is 0.493 e. The molecule has 0 aliphatic rings. The van der Waals surface area contributed by atoms with Gasteiger partial charge in [-0.25, -0.2) is 9.97 Å². The van der Waals surface area contributed by atoms with Gasteiger partial charge >= 0.3 is 0 Å². The van der Waals surface area contributed by atoms with E-state index >= 15 is 0 Å². The van der Waals surface area contributed by atoms with E-state index in [2.05, 4.69) is 9.97 Å². The lowest BCUT2D eigenvalue weighted by Crippen LogP contribution is -2.42. The van der Waals surface area contributed by atoms with E-state index in [-0.39, 0.29) is 6.61 Å². The Morgan fingerprint density at radius 3 is 2.73 bits per heavy atom. The van der Waals surface area contributed by atoms with Crippen molar-refractivity contribution in [2.45, 2.75) is 30.8 Å². The molecule has 1 aromatic carbocycles. The Kier molecular flexibility index (Phi) is 5.79. The molecule has 0 bridgehead atoms. The van der Waals surface area contributed by atoms with Crippen molar-refractivity contribution in [1.82, 2.24) is 9.97 Å². The van der Waals surface area contributed by atoms with Crippen molar-refractivity contribution in [3.05, 3.63) is 47.8 Å². The van der Waals surface area contributed by atoms with Gasteiger partial charge in [-0.05, 0) is 31.5 Å². The molecule has 0 fully saturated rings. The molecule has 0 amide bonds. The monoisotopic (exact) mass is 389 g/mol. The maximum atomic E-state index is 8.97. The maximum Gasteiger partial charge on any atom is 0.235 e. The third-order valence-corrected chi connectivity index (χ3v) is 5.37. The van der Waals surface area contributed by atoms with Crippen LogP contribution < -0.4 is 14.3 Å². The van der Waals surface area contributed by atoms with Gasteiger partial charge in [0.05, 0.1) is 27.4 Å². The number of ether oxygens (including phenoxy) is 1. The Morgan fingerprint density at radius 1 is 1.27 bits per heavy atom. The van der Waals surface area contributed by atoms with E-state index in [4.69, 9.17) is 35.1 Å². The highest BCUT2D eigenvalue weighted by Crippen LogP contribution is 2.38. The van der Waals surface area contributed by atoms with E-state index < -0.39 is 4.08 Å². The molecule has 0 atom stereocenters. The molecule has 0 unspecified atom stereocenters. The van der Waals surface area contributed by atoms with Crippen molar-refractivity contribution in [2.24, 2.45) is 0 Å². The Labute approximate surface area is 164 Å². The molecular weight excluding hydrogens is 366 g/mol. The number of hydrogen-bond acceptors (Lipinski definition) is 5. The highest BCUT2D eigenvalue weighted by Gasteiger charge is 2.29. The zero-order valence-corrected chi connectivity index (χ0v) is 16.7. The first kappa shape index (κ1) is 19.1. The van der Waals surface area contributed by atoms with Gasteiger partial charge < -0.3 is 9.84 Å². The number of para-hydroxylation sites is 2. The average molecular weight is 390 g/mol. The van der Waals surface area contributed by atoms with Crippen LogP contribution in [0.3, 0.4) is 0 Å². The molecule has 138 valence electrons. The normalized spacial score (nSPS) is 11.9. The lowest BCUT2D eigenvalue weighted by molar-refractivity contribution is -0.613. The van der Waals surface area contributed by atoms with E-state index in [0.717, 1.165) is 28.0 Å². The first-order chi connectivity index (χ1) is 12.5. The summed E-state index contributed by atoms with van der Waals surface area (Å²) in [6.07, 6.45) is 3.18. The van der Waals surface area contributed by atoms with Gasteiger partial charge in [0.2, 0.25) is 5.95 Å². The molecule has 3 rings (SSSR count). The summed E-state index contributed by atoms with van der Waals surface area (Å²) in [5.41, 5.74) is 3.51. The zero-order chi connectivity index (χ0) is 18.7. The summed E-state index contributed by atoms with van der Waals surface area (Å²) in [6, 6.07) is 9.68. The Morgan fingerprint density at radius 2 is 2.04 bits per heavy atom. The van der Waals surface area contributed by atoms with Crippen molar-refractivity contribution in [2.75, 3.05) is 13.2 Å². The second-order valence-corrected chi connectivity index (χ2v) is 8.01. The van der Waals surface area contributed by atoms with Crippen molar-refractivity contribution in [3.63, 3.8) is 0 Å². The van der Waals surface area contributed by atoms with Crippen molar-refractivity contribution < 1.29 is 14.4 Å². The lowest BCUT2D eigenvalue weighted by atomic mass is 10.1. The molecule has 0 radical (unpaired) electrons. The predicted octanol–water partition coefficient (Wildman–Crippen LogP) is 2.96. The summed E-state index contributed by atoms with van der Waals surface area (Å²) in [6.45, 7) is 4.57. The van der Waals surface area contributed by atoms with Crippen LogP contribution in [0.15, 0.2) is 36.5 Å². The smallest absolute Gasteiger partial charge is 0.235 e. The van der Waals surface area contributed by atoms with Gasteiger partial charge in [-0.1, -0.05) is 19.1 Å². The van der Waals surface area contributed by atoms with Crippen LogP contribution in [0, 0.1) is 6.92 Å². The van der Waals surface area contributed by atoms with Crippen LogP contribution in [0.1, 0.15) is 31.0 Å². The van der Waals surface area contributed by atoms with Crippen LogP contribution in [0.4, 0.5) is 0 Å². The Balaban J connectivity index is 2.13. The minimum Gasteiger partial charge on any atom is -0.493 e. The number of benzene rings is 1. The molecule has 5 nitrogen and oxygen atoms in total. The van der Waals surface area contributed by atoms with Gasteiger partial charge in [-0.2, -0.15) is 25.3 Å². The number of fused-ring (bicyclic) bond motifs is 1. The molecule has 0 aliphatic heterocycles. The van der Waals surface area contributed by atoms with Crippen LogP contribution in [0.25, 0.3) is 17.0 Å². The molecule has 2 aromatic heterocycles. The highest BCUT2D eigenvalue weighted by molar-refractivity contribution is 7.99. The number of aliphatic hydroxyl groups excluding tert-OH is 1. The minimum absolute atomic E-state index is 0.102. The summed E-state index contributed by atoms with van der Waals surface area (Å²) < 4.78 is 7.08. The standard InChI is InChI=1S/C19H23N3O2S2/c1-3-19(25,26)17-13(2)16(24-12-6-11-23)9-10-22(17)18-20-14-7-4-5-8-15(14)21-18/h4-5,7-10,23H,3,6,11-12H2,1-2H3,(H2-,20,21,25,26). The van der Waals surface area contributed by atoms with Gasteiger partial charge in [-0.15, -0.1) is 0 Å². The third kappa shape index (κ3) is 3.70. The fraction of sp³-hybridized carbons (Fsp3) is 0.368. The van der Waals surface area contributed by atoms with Gasteiger partial charge in [0.15, 0.2) is 0 Å². The van der Waals surface area contributed by atoms with E-state index in [1.54, 1.807) is 0 Å². The number of aliphatic hydroxyl groups is 1. The summed E-state index contributed by atoms with van der Waals surface area (Å²) in [7, 11) is 0. The fourth-order valence-electron chi connectivity index (χ4n) is 2.87. The predicted molar refractivity (Wildman–Crippen MR) is 108 cm³/mol. The van der Waals surface area contributed by atoms with Gasteiger partial charge in [0.1, 0.15) is 5.75 Å². The van der Waals surface area contributed by atoms with Crippen LogP contribution in [-0.2, 0) is 4.08 Å². The van der Waals surface area contributed by atoms with Gasteiger partial charge in [-0.3, -0.25) is 4.57 Å². The number of nitrogens with zero attached hydrogens (tertiary/aromatic N) is 3. The third-order valence-electron chi connectivity index (χ3n) is 4.31. The molecule has 7 heteroatoms. The summed E-state index contributed by atoms with van der Waals surface area (Å²) in [5, 5.41) is 8.97. The first-order valence-corrected chi connectivity index (χ1v) is 9.51. The van der Waals surface area contributed by atoms with Crippen LogP contribution in [0.2, 0.25) is 0 Å². The number of imidazole rings is 1. The van der Waals surface area contributed by atoms with E-state index in [1.165, 1.54) is 0 Å². The number of rotatable bonds is 7. The summed E-state index contributed by atoms with van der Waals surface area (Å²) in [4.78, 5) is 9.30. The highest BCUT2D eigenvalue weighted by atomic mass is 32.2. The Bertz CT molecular complexity index is 876. The van der Waals surface area contributed by atoms with E-state index in [1.807, 2.05) is 54.9 Å². The number of pyridine rings is 1. The molecular formula is C19H23N3O2S2. The molecule has 26 heavy (non-hydrogen) atoms. The van der Waals surface area contributed by atoms with Gasteiger partial charge in [0.25, 0.3) is 0 Å². The van der Waals surface area contributed by atoms with Gasteiger partial charge in [0, 0.05) is 24.8 Å². The molecule has 0 saturated heterocycles. The molecule has 2 heterocycles. The first-order valence-electron chi connectivity index (χ1n) is 8.62. The van der Waals surface area contributed by atoms with Crippen LogP contribution >= 0.6 is 25.3 Å². The number of aromatic nitrogens is 3. The van der Waals surface area contributed by atoms with Crippen molar-refractivity contribution >= 4 is 36.3 Å². The maximum absolute atomic E-state index is 8.97. The van der Waals surface area contributed by atoms with Crippen molar-refractivity contribution in [3.8, 4) is 11.7 Å². The summed E-state index contributed by atoms with van der Waals surface area (Å²) in [5.74, 6) is 1.34. The zero-order valence-electron chi connectivity index (χ0n) is 14.9. The van der Waals surface area contributed by atoms with E-state index in [9.17, 15) is 0 Å². The van der Waals surface area contributed by atoms with Crippen LogP contribution in [-0.4, -0.2) is 23.3 Å². The molecule has 0 saturated carbocycles. The second-order valence-electron chi connectivity index (χ2n) is 6.13. The number of thiol groups is 2. The number of hydrogen-bond donors (Lipinski definition) is 3. The minimum atomic E-state index is -0.673. The Hall–Kier alpha value is -1.70. The lowest BCUT2D eigenvalue weighted by Gasteiger charge is -2.28. The van der Waals surface area contributed by atoms with E-state index in [0.29, 0.717) is 25.4 Å². The summed E-state index contributed by atoms with van der Waals surface area (Å²) >= 11 is 9.56. The molecule has 3 aromatic rings. The molecule has 1 N–H and O–H groups in total.